The molecule has 3 heteroatoms. The highest BCUT2D eigenvalue weighted by molar-refractivity contribution is 9.10. The van der Waals surface area contributed by atoms with E-state index in [1.807, 2.05) is 0 Å². The monoisotopic (exact) mass is 283 g/mol. The number of hydrogen-bond donors (Lipinski definition) is 1. The summed E-state index contributed by atoms with van der Waals surface area (Å²) in [4.78, 5) is 0. The molecular formula is C13H18BrNO. The van der Waals surface area contributed by atoms with Crippen molar-refractivity contribution in [3.8, 4) is 0 Å². The molecule has 1 aliphatic carbocycles. The molecule has 0 spiro atoms. The zero-order valence-corrected chi connectivity index (χ0v) is 11.2. The summed E-state index contributed by atoms with van der Waals surface area (Å²) in [5, 5.41) is 3.60. The molecule has 88 valence electrons. The minimum absolute atomic E-state index is 0.532. The number of ether oxygens (including phenoxy) is 1. The molecule has 0 aromatic heterocycles. The molecule has 0 amide bonds. The maximum Gasteiger partial charge on any atom is 0.0474 e. The standard InChI is InChI=1S/C13H18BrNO/c1-16-9-3-8-15-13-7-6-10-11(13)4-2-5-12(10)14/h2,4-5,13,15H,3,6-9H2,1H3. The summed E-state index contributed by atoms with van der Waals surface area (Å²) in [6.07, 6.45) is 3.47. The Morgan fingerprint density at radius 1 is 1.50 bits per heavy atom. The molecule has 1 aromatic carbocycles. The van der Waals surface area contributed by atoms with E-state index in [-0.39, 0.29) is 0 Å². The quantitative estimate of drug-likeness (QED) is 0.839. The Hall–Kier alpha value is -0.380. The van der Waals surface area contributed by atoms with Gasteiger partial charge in [0.1, 0.15) is 0 Å². The Morgan fingerprint density at radius 3 is 3.19 bits per heavy atom. The van der Waals surface area contributed by atoms with Crippen LogP contribution in [0.1, 0.15) is 30.0 Å². The lowest BCUT2D eigenvalue weighted by Crippen LogP contribution is -2.21. The number of benzene rings is 1. The van der Waals surface area contributed by atoms with E-state index in [4.69, 9.17) is 4.74 Å². The van der Waals surface area contributed by atoms with E-state index < -0.39 is 0 Å². The van der Waals surface area contributed by atoms with E-state index in [0.29, 0.717) is 6.04 Å². The van der Waals surface area contributed by atoms with Gasteiger partial charge in [-0.3, -0.25) is 0 Å². The average Bonchev–Trinajstić information content (AvgIpc) is 2.70. The minimum Gasteiger partial charge on any atom is -0.385 e. The van der Waals surface area contributed by atoms with Crippen LogP contribution < -0.4 is 5.32 Å². The Morgan fingerprint density at radius 2 is 2.38 bits per heavy atom. The van der Waals surface area contributed by atoms with Crippen LogP contribution in [0, 0.1) is 0 Å². The van der Waals surface area contributed by atoms with Gasteiger partial charge in [0.25, 0.3) is 0 Å². The first-order valence-corrected chi connectivity index (χ1v) is 6.62. The molecule has 0 aliphatic heterocycles. The SMILES string of the molecule is COCCCNC1CCc2c(Br)cccc21. The highest BCUT2D eigenvalue weighted by atomic mass is 79.9. The number of methoxy groups -OCH3 is 1. The molecule has 0 bridgehead atoms. The van der Waals surface area contributed by atoms with Gasteiger partial charge in [0.2, 0.25) is 0 Å². The summed E-state index contributed by atoms with van der Waals surface area (Å²) >= 11 is 3.62. The number of halogens is 1. The smallest absolute Gasteiger partial charge is 0.0474 e. The van der Waals surface area contributed by atoms with E-state index in [0.717, 1.165) is 19.6 Å². The maximum atomic E-state index is 5.05. The Bertz CT molecular complexity index is 354. The van der Waals surface area contributed by atoms with Crippen molar-refractivity contribution in [3.05, 3.63) is 33.8 Å². The summed E-state index contributed by atoms with van der Waals surface area (Å²) < 4.78 is 6.30. The molecule has 0 radical (unpaired) electrons. The fourth-order valence-corrected chi connectivity index (χ4v) is 2.89. The van der Waals surface area contributed by atoms with Gasteiger partial charge in [-0.1, -0.05) is 28.1 Å². The van der Waals surface area contributed by atoms with Crippen molar-refractivity contribution in [1.29, 1.82) is 0 Å². The fourth-order valence-electron chi connectivity index (χ4n) is 2.31. The second-order valence-corrected chi connectivity index (χ2v) is 5.05. The van der Waals surface area contributed by atoms with Crippen LogP contribution in [-0.2, 0) is 11.2 Å². The third-order valence-electron chi connectivity index (χ3n) is 3.13. The van der Waals surface area contributed by atoms with Gasteiger partial charge < -0.3 is 10.1 Å². The van der Waals surface area contributed by atoms with Crippen molar-refractivity contribution in [2.45, 2.75) is 25.3 Å². The van der Waals surface area contributed by atoms with Crippen molar-refractivity contribution >= 4 is 15.9 Å². The van der Waals surface area contributed by atoms with E-state index in [2.05, 4.69) is 39.4 Å². The molecule has 0 saturated carbocycles. The lowest BCUT2D eigenvalue weighted by molar-refractivity contribution is 0.193. The molecule has 2 rings (SSSR count). The summed E-state index contributed by atoms with van der Waals surface area (Å²) in [5.74, 6) is 0. The van der Waals surface area contributed by atoms with Gasteiger partial charge in [0.15, 0.2) is 0 Å². The molecule has 1 unspecified atom stereocenters. The molecule has 1 aromatic rings. The number of nitrogens with one attached hydrogen (secondary N) is 1. The van der Waals surface area contributed by atoms with Crippen LogP contribution >= 0.6 is 15.9 Å². The van der Waals surface area contributed by atoms with Crippen LogP contribution in [0.4, 0.5) is 0 Å². The predicted molar refractivity (Wildman–Crippen MR) is 69.7 cm³/mol. The number of rotatable bonds is 5. The maximum absolute atomic E-state index is 5.05. The third kappa shape index (κ3) is 2.65. The molecule has 1 aliphatic rings. The molecular weight excluding hydrogens is 266 g/mol. The second kappa shape index (κ2) is 5.80. The highest BCUT2D eigenvalue weighted by Gasteiger charge is 2.22. The van der Waals surface area contributed by atoms with Crippen LogP contribution in [-0.4, -0.2) is 20.3 Å². The first kappa shape index (κ1) is 12.1. The first-order chi connectivity index (χ1) is 7.83. The van der Waals surface area contributed by atoms with E-state index >= 15 is 0 Å². The van der Waals surface area contributed by atoms with Crippen molar-refractivity contribution in [3.63, 3.8) is 0 Å². The summed E-state index contributed by atoms with van der Waals surface area (Å²) in [5.41, 5.74) is 2.94. The number of fused-ring (bicyclic) bond motifs is 1. The van der Waals surface area contributed by atoms with Crippen molar-refractivity contribution in [1.82, 2.24) is 5.32 Å². The second-order valence-electron chi connectivity index (χ2n) is 4.20. The molecule has 1 atom stereocenters. The summed E-state index contributed by atoms with van der Waals surface area (Å²) in [6, 6.07) is 7.02. The zero-order valence-electron chi connectivity index (χ0n) is 9.63. The summed E-state index contributed by atoms with van der Waals surface area (Å²) in [6.45, 7) is 1.87. The summed E-state index contributed by atoms with van der Waals surface area (Å²) in [7, 11) is 1.75. The average molecular weight is 284 g/mol. The Labute approximate surface area is 106 Å². The van der Waals surface area contributed by atoms with Crippen LogP contribution in [0.3, 0.4) is 0 Å². The molecule has 0 fully saturated rings. The van der Waals surface area contributed by atoms with Crippen LogP contribution in [0.5, 0.6) is 0 Å². The Balaban J connectivity index is 1.93. The molecule has 0 saturated heterocycles. The van der Waals surface area contributed by atoms with Gasteiger partial charge in [-0.2, -0.15) is 0 Å². The van der Waals surface area contributed by atoms with Crippen molar-refractivity contribution in [2.75, 3.05) is 20.3 Å². The van der Waals surface area contributed by atoms with Gasteiger partial charge in [0.05, 0.1) is 0 Å². The highest BCUT2D eigenvalue weighted by Crippen LogP contribution is 2.35. The Kier molecular flexibility index (Phi) is 4.38. The third-order valence-corrected chi connectivity index (χ3v) is 3.87. The minimum atomic E-state index is 0.532. The lowest BCUT2D eigenvalue weighted by Gasteiger charge is -2.13. The van der Waals surface area contributed by atoms with Crippen LogP contribution in [0.2, 0.25) is 0 Å². The van der Waals surface area contributed by atoms with Crippen LogP contribution in [0.15, 0.2) is 22.7 Å². The predicted octanol–water partition coefficient (Wildman–Crippen LogP) is 3.06. The van der Waals surface area contributed by atoms with E-state index in [1.165, 1.54) is 28.4 Å². The van der Waals surface area contributed by atoms with E-state index in [1.54, 1.807) is 7.11 Å². The molecule has 2 nitrogen and oxygen atoms in total. The van der Waals surface area contributed by atoms with Gasteiger partial charge in [0, 0.05) is 24.2 Å². The fraction of sp³-hybridized carbons (Fsp3) is 0.538. The number of hydrogen-bond acceptors (Lipinski definition) is 2. The van der Waals surface area contributed by atoms with E-state index in [9.17, 15) is 0 Å². The largest absolute Gasteiger partial charge is 0.385 e. The normalized spacial score (nSPS) is 18.8. The lowest BCUT2D eigenvalue weighted by atomic mass is 10.1. The molecule has 16 heavy (non-hydrogen) atoms. The van der Waals surface area contributed by atoms with Crippen molar-refractivity contribution in [2.24, 2.45) is 0 Å². The van der Waals surface area contributed by atoms with Crippen LogP contribution in [0.25, 0.3) is 0 Å². The van der Waals surface area contributed by atoms with Gasteiger partial charge in [-0.05, 0) is 43.0 Å². The topological polar surface area (TPSA) is 21.3 Å². The molecule has 1 N–H and O–H groups in total. The van der Waals surface area contributed by atoms with Gasteiger partial charge in [-0.15, -0.1) is 0 Å². The zero-order chi connectivity index (χ0) is 11.4. The van der Waals surface area contributed by atoms with Crippen molar-refractivity contribution < 1.29 is 4.74 Å². The van der Waals surface area contributed by atoms with Gasteiger partial charge in [-0.25, -0.2) is 0 Å². The molecule has 0 heterocycles. The van der Waals surface area contributed by atoms with Gasteiger partial charge >= 0.3 is 0 Å². The first-order valence-electron chi connectivity index (χ1n) is 5.82.